The SMILES string of the molecule is CO[Si]CCCCCCCCCCCCCNC(=O)CCCOCCOCCCCOCCOC(F)(F)F. The van der Waals surface area contributed by atoms with Gasteiger partial charge in [-0.25, -0.2) is 0 Å². The largest absolute Gasteiger partial charge is 0.522 e. The molecule has 11 heteroatoms. The van der Waals surface area contributed by atoms with Gasteiger partial charge in [0.1, 0.15) is 0 Å². The molecule has 2 radical (unpaired) electrons. The molecule has 0 spiro atoms. The van der Waals surface area contributed by atoms with Gasteiger partial charge in [-0.1, -0.05) is 64.2 Å². The second kappa shape index (κ2) is 29.3. The van der Waals surface area contributed by atoms with Gasteiger partial charge in [-0.3, -0.25) is 9.53 Å². The molecule has 0 bridgehead atoms. The quantitative estimate of drug-likeness (QED) is 0.0815. The van der Waals surface area contributed by atoms with Gasteiger partial charge in [0.2, 0.25) is 15.7 Å². The van der Waals surface area contributed by atoms with Crippen molar-refractivity contribution >= 4 is 15.7 Å². The van der Waals surface area contributed by atoms with E-state index in [0.717, 1.165) is 19.4 Å². The zero-order valence-electron chi connectivity index (χ0n) is 23.6. The zero-order chi connectivity index (χ0) is 28.0. The Hall–Kier alpha value is -0.723. The molecule has 0 aliphatic heterocycles. The lowest BCUT2D eigenvalue weighted by Crippen LogP contribution is -2.24. The minimum Gasteiger partial charge on any atom is -0.421 e. The molecular formula is C27H52F3NO6Si. The average molecular weight is 572 g/mol. The number of hydrogen-bond acceptors (Lipinski definition) is 6. The van der Waals surface area contributed by atoms with Crippen LogP contribution in [-0.4, -0.2) is 81.9 Å². The summed E-state index contributed by atoms with van der Waals surface area (Å²) in [5.41, 5.74) is 0. The van der Waals surface area contributed by atoms with Gasteiger partial charge in [-0.05, 0) is 31.7 Å². The standard InChI is InChI=1S/C27H52F3NO6Si/c1-33-38-25-14-10-8-6-4-2-3-5-7-9-11-17-31-26(32)16-15-20-36-22-21-34-18-12-13-19-35-23-24-37-27(28,29)30/h2-25H2,1H3,(H,31,32). The third kappa shape index (κ3) is 33.3. The van der Waals surface area contributed by atoms with Crippen LogP contribution in [0.1, 0.15) is 96.3 Å². The van der Waals surface area contributed by atoms with E-state index >= 15 is 0 Å². The summed E-state index contributed by atoms with van der Waals surface area (Å²) in [6.07, 6.45) is 12.2. The van der Waals surface area contributed by atoms with Crippen LogP contribution < -0.4 is 5.32 Å². The Labute approximate surface area is 231 Å². The number of ether oxygens (including phenoxy) is 4. The fraction of sp³-hybridized carbons (Fsp3) is 0.963. The van der Waals surface area contributed by atoms with Crippen molar-refractivity contribution in [3.63, 3.8) is 0 Å². The third-order valence-corrected chi connectivity index (χ3v) is 6.65. The number of carbonyl (C=O) groups excluding carboxylic acids is 1. The van der Waals surface area contributed by atoms with Crippen LogP contribution in [0.25, 0.3) is 0 Å². The van der Waals surface area contributed by atoms with Gasteiger partial charge in [0.15, 0.2) is 0 Å². The number of alkyl halides is 3. The summed E-state index contributed by atoms with van der Waals surface area (Å²) in [6.45, 7) is 2.58. The molecule has 226 valence electrons. The van der Waals surface area contributed by atoms with E-state index in [2.05, 4.69) is 10.1 Å². The number of rotatable bonds is 30. The molecule has 0 saturated carbocycles. The molecule has 0 atom stereocenters. The molecule has 0 aliphatic carbocycles. The van der Waals surface area contributed by atoms with E-state index in [1.165, 1.54) is 70.3 Å². The second-order valence-electron chi connectivity index (χ2n) is 9.28. The maximum Gasteiger partial charge on any atom is 0.522 e. The summed E-state index contributed by atoms with van der Waals surface area (Å²) in [6, 6.07) is 1.21. The van der Waals surface area contributed by atoms with E-state index in [9.17, 15) is 18.0 Å². The molecule has 0 heterocycles. The predicted octanol–water partition coefficient (Wildman–Crippen LogP) is 6.22. The molecule has 0 saturated heterocycles. The van der Waals surface area contributed by atoms with Crippen molar-refractivity contribution in [2.45, 2.75) is 109 Å². The lowest BCUT2D eigenvalue weighted by Gasteiger charge is -2.08. The summed E-state index contributed by atoms with van der Waals surface area (Å²) < 4.78 is 60.0. The summed E-state index contributed by atoms with van der Waals surface area (Å²) in [7, 11) is 2.45. The van der Waals surface area contributed by atoms with Gasteiger partial charge in [0.05, 0.1) is 26.4 Å². The Bertz CT molecular complexity index is 504. The predicted molar refractivity (Wildman–Crippen MR) is 144 cm³/mol. The van der Waals surface area contributed by atoms with Gasteiger partial charge in [-0.2, -0.15) is 0 Å². The molecule has 1 amide bonds. The molecule has 38 heavy (non-hydrogen) atoms. The number of carbonyl (C=O) groups is 1. The Morgan fingerprint density at radius 3 is 1.63 bits per heavy atom. The van der Waals surface area contributed by atoms with Crippen molar-refractivity contribution in [1.29, 1.82) is 0 Å². The molecule has 1 N–H and O–H groups in total. The highest BCUT2D eigenvalue weighted by atomic mass is 28.2. The van der Waals surface area contributed by atoms with Crippen molar-refractivity contribution in [3.8, 4) is 0 Å². The van der Waals surface area contributed by atoms with E-state index in [1.54, 1.807) is 7.11 Å². The van der Waals surface area contributed by atoms with Gasteiger partial charge in [0.25, 0.3) is 0 Å². The van der Waals surface area contributed by atoms with Crippen molar-refractivity contribution in [2.24, 2.45) is 0 Å². The van der Waals surface area contributed by atoms with E-state index in [-0.39, 0.29) is 12.5 Å². The average Bonchev–Trinajstić information content (AvgIpc) is 2.88. The van der Waals surface area contributed by atoms with Gasteiger partial charge in [0, 0.05) is 39.9 Å². The number of halogens is 3. The van der Waals surface area contributed by atoms with Crippen LogP contribution >= 0.6 is 0 Å². The number of amides is 1. The number of hydrogen-bond donors (Lipinski definition) is 1. The minimum atomic E-state index is -4.60. The Kier molecular flexibility index (Phi) is 28.7. The number of unbranched alkanes of at least 4 members (excludes halogenated alkanes) is 11. The molecule has 0 rings (SSSR count). The van der Waals surface area contributed by atoms with Crippen LogP contribution in [0, 0.1) is 0 Å². The third-order valence-electron chi connectivity index (χ3n) is 5.81. The van der Waals surface area contributed by atoms with Crippen molar-refractivity contribution < 1.29 is 41.3 Å². The van der Waals surface area contributed by atoms with Crippen molar-refractivity contribution in [1.82, 2.24) is 5.32 Å². The van der Waals surface area contributed by atoms with E-state index in [4.69, 9.17) is 18.6 Å². The molecule has 0 aromatic carbocycles. The summed E-state index contributed by atoms with van der Waals surface area (Å²) in [4.78, 5) is 11.9. The Balaban J connectivity index is 3.17. The lowest BCUT2D eigenvalue weighted by molar-refractivity contribution is -0.327. The monoisotopic (exact) mass is 571 g/mol. The maximum atomic E-state index is 11.9. The Morgan fingerprint density at radius 1 is 0.632 bits per heavy atom. The molecule has 0 aliphatic rings. The first-order chi connectivity index (χ1) is 18.5. The normalized spacial score (nSPS) is 11.8. The molecule has 7 nitrogen and oxygen atoms in total. The van der Waals surface area contributed by atoms with Crippen LogP contribution in [0.3, 0.4) is 0 Å². The molecule has 0 aromatic rings. The fourth-order valence-electron chi connectivity index (χ4n) is 3.71. The second-order valence-corrected chi connectivity index (χ2v) is 10.5. The van der Waals surface area contributed by atoms with E-state index < -0.39 is 13.0 Å². The summed E-state index contributed by atoms with van der Waals surface area (Å²) in [5, 5.41) is 2.99. The minimum absolute atomic E-state index is 0.0798. The fourth-order valence-corrected chi connectivity index (χ4v) is 4.31. The molecular weight excluding hydrogens is 519 g/mol. The molecule has 0 fully saturated rings. The number of nitrogens with one attached hydrogen (secondary N) is 1. The summed E-state index contributed by atoms with van der Waals surface area (Å²) >= 11 is 0. The zero-order valence-corrected chi connectivity index (χ0v) is 24.6. The Morgan fingerprint density at radius 2 is 1.11 bits per heavy atom. The van der Waals surface area contributed by atoms with Crippen molar-refractivity contribution in [2.75, 3.05) is 59.9 Å². The first-order valence-electron chi connectivity index (χ1n) is 14.4. The topological polar surface area (TPSA) is 75.3 Å². The van der Waals surface area contributed by atoms with Crippen LogP contribution in [0.4, 0.5) is 13.2 Å². The molecule has 0 aromatic heterocycles. The van der Waals surface area contributed by atoms with Crippen LogP contribution in [0.15, 0.2) is 0 Å². The smallest absolute Gasteiger partial charge is 0.421 e. The first-order valence-corrected chi connectivity index (χ1v) is 15.5. The van der Waals surface area contributed by atoms with Gasteiger partial charge in [-0.15, -0.1) is 13.2 Å². The first kappa shape index (κ1) is 37.3. The van der Waals surface area contributed by atoms with Gasteiger partial charge >= 0.3 is 6.36 Å². The van der Waals surface area contributed by atoms with Crippen LogP contribution in [-0.2, 0) is 28.2 Å². The van der Waals surface area contributed by atoms with Crippen LogP contribution in [0.2, 0.25) is 6.04 Å². The van der Waals surface area contributed by atoms with Crippen LogP contribution in [0.5, 0.6) is 0 Å². The highest BCUT2D eigenvalue weighted by Gasteiger charge is 2.28. The summed E-state index contributed by atoms with van der Waals surface area (Å²) in [5.74, 6) is 0.0831. The lowest BCUT2D eigenvalue weighted by atomic mass is 10.1. The van der Waals surface area contributed by atoms with E-state index in [0.29, 0.717) is 62.1 Å². The highest BCUT2D eigenvalue weighted by Crippen LogP contribution is 2.15. The highest BCUT2D eigenvalue weighted by molar-refractivity contribution is 6.26. The molecule has 0 unspecified atom stereocenters. The van der Waals surface area contributed by atoms with Crippen molar-refractivity contribution in [3.05, 3.63) is 0 Å². The maximum absolute atomic E-state index is 11.9. The van der Waals surface area contributed by atoms with Gasteiger partial charge < -0.3 is 24.0 Å². The van der Waals surface area contributed by atoms with E-state index in [1.807, 2.05) is 0 Å².